The summed E-state index contributed by atoms with van der Waals surface area (Å²) < 4.78 is 0.234. The second kappa shape index (κ2) is 7.00. The summed E-state index contributed by atoms with van der Waals surface area (Å²) in [6.45, 7) is 4.24. The molecule has 2 aromatic carbocycles. The van der Waals surface area contributed by atoms with Gasteiger partial charge in [0.05, 0.1) is 10.9 Å². The van der Waals surface area contributed by atoms with E-state index in [-0.39, 0.29) is 16.2 Å². The highest BCUT2D eigenvalue weighted by Crippen LogP contribution is 2.27. The molecule has 0 saturated carbocycles. The maximum Gasteiger partial charge on any atom is 0.259 e. The standard InChI is InChI=1S/C20H20N4O2S/c1-12-10-14(5-7-17(12)24-8-2-3-9-24)21-18(25)13-4-6-15-16(11-13)22-20(27)23-19(15)26/h4-7,10-11H,2-3,8-9H2,1H3,(H,21,25)(H2,22,23,26,27). The molecule has 7 heteroatoms. The van der Waals surface area contributed by atoms with Crippen molar-refractivity contribution in [3.63, 3.8) is 0 Å². The minimum absolute atomic E-state index is 0.232. The normalized spacial score (nSPS) is 13.9. The fourth-order valence-electron chi connectivity index (χ4n) is 3.56. The molecule has 3 aromatic rings. The van der Waals surface area contributed by atoms with Crippen LogP contribution in [-0.2, 0) is 0 Å². The summed E-state index contributed by atoms with van der Waals surface area (Å²) in [6, 6.07) is 10.9. The number of benzene rings is 2. The van der Waals surface area contributed by atoms with Crippen LogP contribution in [0.25, 0.3) is 10.9 Å². The van der Waals surface area contributed by atoms with Gasteiger partial charge in [0, 0.05) is 30.0 Å². The van der Waals surface area contributed by atoms with Gasteiger partial charge in [0.25, 0.3) is 11.5 Å². The van der Waals surface area contributed by atoms with E-state index in [2.05, 4.69) is 33.2 Å². The van der Waals surface area contributed by atoms with Gasteiger partial charge in [-0.25, -0.2) is 0 Å². The van der Waals surface area contributed by atoms with E-state index in [1.807, 2.05) is 12.1 Å². The number of nitrogens with one attached hydrogen (secondary N) is 3. The molecule has 1 aliphatic rings. The Morgan fingerprint density at radius 3 is 2.63 bits per heavy atom. The lowest BCUT2D eigenvalue weighted by Crippen LogP contribution is -2.19. The number of H-pyrrole nitrogens is 2. The Hall–Kier alpha value is -2.93. The number of fused-ring (bicyclic) bond motifs is 1. The first kappa shape index (κ1) is 17.5. The Bertz CT molecular complexity index is 1140. The highest BCUT2D eigenvalue weighted by Gasteiger charge is 2.15. The summed E-state index contributed by atoms with van der Waals surface area (Å²) in [7, 11) is 0. The van der Waals surface area contributed by atoms with Crippen molar-refractivity contribution in [2.24, 2.45) is 0 Å². The van der Waals surface area contributed by atoms with Crippen LogP contribution in [0.15, 0.2) is 41.2 Å². The third-order valence-electron chi connectivity index (χ3n) is 4.90. The van der Waals surface area contributed by atoms with Crippen molar-refractivity contribution < 1.29 is 4.79 Å². The van der Waals surface area contributed by atoms with Gasteiger partial charge in [0.15, 0.2) is 4.77 Å². The van der Waals surface area contributed by atoms with Gasteiger partial charge < -0.3 is 15.2 Å². The molecule has 1 amide bonds. The first-order chi connectivity index (χ1) is 13.0. The van der Waals surface area contributed by atoms with Gasteiger partial charge in [-0.15, -0.1) is 0 Å². The van der Waals surface area contributed by atoms with Crippen molar-refractivity contribution in [3.8, 4) is 0 Å². The molecule has 4 rings (SSSR count). The van der Waals surface area contributed by atoms with E-state index in [0.29, 0.717) is 16.5 Å². The summed E-state index contributed by atoms with van der Waals surface area (Å²) >= 11 is 5.00. The number of anilines is 2. The minimum atomic E-state index is -0.270. The summed E-state index contributed by atoms with van der Waals surface area (Å²) in [6.07, 6.45) is 2.46. The molecule has 1 aromatic heterocycles. The van der Waals surface area contributed by atoms with Crippen LogP contribution in [0.3, 0.4) is 0 Å². The lowest BCUT2D eigenvalue weighted by atomic mass is 10.1. The Balaban J connectivity index is 1.58. The number of aromatic nitrogens is 2. The van der Waals surface area contributed by atoms with Crippen molar-refractivity contribution in [2.75, 3.05) is 23.3 Å². The summed E-state index contributed by atoms with van der Waals surface area (Å²) in [5.74, 6) is -0.232. The molecule has 2 heterocycles. The molecule has 1 saturated heterocycles. The van der Waals surface area contributed by atoms with Crippen LogP contribution in [0.1, 0.15) is 28.8 Å². The summed E-state index contributed by atoms with van der Waals surface area (Å²) in [5, 5.41) is 3.39. The molecular formula is C20H20N4O2S. The highest BCUT2D eigenvalue weighted by atomic mass is 32.1. The van der Waals surface area contributed by atoms with E-state index >= 15 is 0 Å². The Labute approximate surface area is 161 Å². The van der Waals surface area contributed by atoms with E-state index in [9.17, 15) is 9.59 Å². The zero-order valence-electron chi connectivity index (χ0n) is 15.0. The topological polar surface area (TPSA) is 81.0 Å². The number of aryl methyl sites for hydroxylation is 1. The smallest absolute Gasteiger partial charge is 0.259 e. The predicted octanol–water partition coefficient (Wildman–Crippen LogP) is 3.75. The summed E-state index contributed by atoms with van der Waals surface area (Å²) in [4.78, 5) is 32.4. The number of nitrogens with zero attached hydrogens (tertiary/aromatic N) is 1. The van der Waals surface area contributed by atoms with Crippen LogP contribution < -0.4 is 15.8 Å². The molecular weight excluding hydrogens is 360 g/mol. The van der Waals surface area contributed by atoms with Gasteiger partial charge in [0.1, 0.15) is 0 Å². The van der Waals surface area contributed by atoms with Crippen LogP contribution in [0.5, 0.6) is 0 Å². The maximum absolute atomic E-state index is 12.6. The number of rotatable bonds is 3. The fraction of sp³-hybridized carbons (Fsp3) is 0.250. The summed E-state index contributed by atoms with van der Waals surface area (Å²) in [5.41, 5.74) is 3.84. The number of aromatic amines is 2. The Morgan fingerprint density at radius 2 is 1.89 bits per heavy atom. The van der Waals surface area contributed by atoms with Crippen LogP contribution in [0.2, 0.25) is 0 Å². The predicted molar refractivity (Wildman–Crippen MR) is 110 cm³/mol. The average molecular weight is 380 g/mol. The molecule has 27 heavy (non-hydrogen) atoms. The van der Waals surface area contributed by atoms with Crippen molar-refractivity contribution in [1.29, 1.82) is 0 Å². The van der Waals surface area contributed by atoms with E-state index in [1.165, 1.54) is 18.5 Å². The van der Waals surface area contributed by atoms with E-state index < -0.39 is 0 Å². The van der Waals surface area contributed by atoms with Crippen LogP contribution in [-0.4, -0.2) is 29.0 Å². The molecule has 138 valence electrons. The van der Waals surface area contributed by atoms with Gasteiger partial charge in [-0.3, -0.25) is 14.6 Å². The molecule has 0 bridgehead atoms. The van der Waals surface area contributed by atoms with Crippen molar-refractivity contribution in [3.05, 3.63) is 62.6 Å². The van der Waals surface area contributed by atoms with E-state index in [0.717, 1.165) is 24.3 Å². The van der Waals surface area contributed by atoms with Crippen LogP contribution in [0, 0.1) is 11.7 Å². The second-order valence-corrected chi connectivity index (χ2v) is 7.23. The molecule has 0 aliphatic carbocycles. The number of hydrogen-bond donors (Lipinski definition) is 3. The lowest BCUT2D eigenvalue weighted by Gasteiger charge is -2.20. The highest BCUT2D eigenvalue weighted by molar-refractivity contribution is 7.71. The number of carbonyl (C=O) groups excluding carboxylic acids is 1. The average Bonchev–Trinajstić information content (AvgIpc) is 3.15. The first-order valence-electron chi connectivity index (χ1n) is 8.94. The monoisotopic (exact) mass is 380 g/mol. The zero-order chi connectivity index (χ0) is 19.0. The number of amides is 1. The molecule has 0 spiro atoms. The quantitative estimate of drug-likeness (QED) is 0.605. The molecule has 6 nitrogen and oxygen atoms in total. The van der Waals surface area contributed by atoms with Gasteiger partial charge in [0.2, 0.25) is 0 Å². The van der Waals surface area contributed by atoms with Gasteiger partial charge in [-0.05, 0) is 73.9 Å². The third kappa shape index (κ3) is 3.50. The van der Waals surface area contributed by atoms with E-state index in [1.54, 1.807) is 18.2 Å². The fourth-order valence-corrected chi connectivity index (χ4v) is 3.76. The molecule has 3 N–H and O–H groups in total. The number of carbonyl (C=O) groups is 1. The second-order valence-electron chi connectivity index (χ2n) is 6.82. The lowest BCUT2D eigenvalue weighted by molar-refractivity contribution is 0.102. The zero-order valence-corrected chi connectivity index (χ0v) is 15.8. The van der Waals surface area contributed by atoms with Crippen molar-refractivity contribution in [2.45, 2.75) is 19.8 Å². The third-order valence-corrected chi connectivity index (χ3v) is 5.11. The Morgan fingerprint density at radius 1 is 1.11 bits per heavy atom. The van der Waals surface area contributed by atoms with Gasteiger partial charge >= 0.3 is 0 Å². The van der Waals surface area contributed by atoms with Crippen molar-refractivity contribution in [1.82, 2.24) is 9.97 Å². The largest absolute Gasteiger partial charge is 0.371 e. The molecule has 0 unspecified atom stereocenters. The molecule has 1 fully saturated rings. The first-order valence-corrected chi connectivity index (χ1v) is 9.35. The number of hydrogen-bond acceptors (Lipinski definition) is 4. The molecule has 0 radical (unpaired) electrons. The molecule has 1 aliphatic heterocycles. The molecule has 0 atom stereocenters. The van der Waals surface area contributed by atoms with Crippen LogP contribution >= 0.6 is 12.2 Å². The SMILES string of the molecule is Cc1cc(NC(=O)c2ccc3c(=O)[nH]c(=S)[nH]c3c2)ccc1N1CCCC1. The van der Waals surface area contributed by atoms with Crippen molar-refractivity contribution >= 4 is 40.4 Å². The Kier molecular flexibility index (Phi) is 4.53. The van der Waals surface area contributed by atoms with E-state index in [4.69, 9.17) is 12.2 Å². The van der Waals surface area contributed by atoms with Gasteiger partial charge in [-0.2, -0.15) is 0 Å². The minimum Gasteiger partial charge on any atom is -0.371 e. The van der Waals surface area contributed by atoms with Gasteiger partial charge in [-0.1, -0.05) is 0 Å². The maximum atomic E-state index is 12.6. The van der Waals surface area contributed by atoms with Crippen LogP contribution in [0.4, 0.5) is 11.4 Å².